The number of ether oxygens (including phenoxy) is 2. The summed E-state index contributed by atoms with van der Waals surface area (Å²) in [5.74, 6) is -1.16. The Bertz CT molecular complexity index is 622. The monoisotopic (exact) mass is 360 g/mol. The summed E-state index contributed by atoms with van der Waals surface area (Å²) in [6, 6.07) is 4.53. The maximum atomic E-state index is 12.3. The summed E-state index contributed by atoms with van der Waals surface area (Å²) in [5.41, 5.74) is 0.171. The predicted molar refractivity (Wildman–Crippen MR) is 83.1 cm³/mol. The van der Waals surface area contributed by atoms with Crippen LogP contribution in [0.5, 0.6) is 5.75 Å². The van der Waals surface area contributed by atoms with Crippen LogP contribution in [0.15, 0.2) is 24.3 Å². The summed E-state index contributed by atoms with van der Waals surface area (Å²) in [7, 11) is 0. The second-order valence-electron chi connectivity index (χ2n) is 5.54. The normalized spacial score (nSPS) is 17.8. The number of esters is 1. The Morgan fingerprint density at radius 1 is 1.36 bits per heavy atom. The van der Waals surface area contributed by atoms with Gasteiger partial charge < -0.3 is 19.7 Å². The number of alkyl halides is 3. The van der Waals surface area contributed by atoms with Crippen molar-refractivity contribution in [2.24, 2.45) is 5.92 Å². The quantitative estimate of drug-likeness (QED) is 0.836. The SMILES string of the molecule is CCOC(=O)[C@H]1CCCN(C(=O)Nc2cccc(OC(F)(F)F)c2)C1. The fraction of sp³-hybridized carbons (Fsp3) is 0.500. The van der Waals surface area contributed by atoms with Gasteiger partial charge in [0.15, 0.2) is 0 Å². The number of hydrogen-bond acceptors (Lipinski definition) is 4. The topological polar surface area (TPSA) is 67.9 Å². The number of amides is 2. The summed E-state index contributed by atoms with van der Waals surface area (Å²) in [4.78, 5) is 25.5. The lowest BCUT2D eigenvalue weighted by Gasteiger charge is -2.31. The molecule has 0 aliphatic carbocycles. The number of piperidine rings is 1. The van der Waals surface area contributed by atoms with Crippen LogP contribution in [0.1, 0.15) is 19.8 Å². The fourth-order valence-corrected chi connectivity index (χ4v) is 2.59. The average Bonchev–Trinajstić information content (AvgIpc) is 2.54. The zero-order valence-corrected chi connectivity index (χ0v) is 13.6. The summed E-state index contributed by atoms with van der Waals surface area (Å²) >= 11 is 0. The third-order valence-corrected chi connectivity index (χ3v) is 3.65. The first-order valence-electron chi connectivity index (χ1n) is 7.87. The molecular formula is C16H19F3N2O4. The first-order valence-corrected chi connectivity index (χ1v) is 7.87. The van der Waals surface area contributed by atoms with Crippen LogP contribution in [-0.2, 0) is 9.53 Å². The smallest absolute Gasteiger partial charge is 0.466 e. The minimum absolute atomic E-state index is 0.171. The van der Waals surface area contributed by atoms with Gasteiger partial charge in [-0.15, -0.1) is 13.2 Å². The van der Waals surface area contributed by atoms with Gasteiger partial charge in [-0.25, -0.2) is 4.79 Å². The third-order valence-electron chi connectivity index (χ3n) is 3.65. The van der Waals surface area contributed by atoms with Gasteiger partial charge in [0.1, 0.15) is 5.75 Å². The molecule has 1 atom stereocenters. The standard InChI is InChI=1S/C16H19F3N2O4/c1-2-24-14(22)11-5-4-8-21(10-11)15(23)20-12-6-3-7-13(9-12)25-16(17,18)19/h3,6-7,9,11H,2,4-5,8,10H2,1H3,(H,20,23)/t11-/m0/s1. The molecule has 0 spiro atoms. The van der Waals surface area contributed by atoms with Crippen LogP contribution >= 0.6 is 0 Å². The number of hydrogen-bond donors (Lipinski definition) is 1. The molecule has 0 bridgehead atoms. The van der Waals surface area contributed by atoms with Crippen LogP contribution in [-0.4, -0.2) is 43.0 Å². The molecule has 1 saturated heterocycles. The van der Waals surface area contributed by atoms with E-state index in [2.05, 4.69) is 10.1 Å². The van der Waals surface area contributed by atoms with Gasteiger partial charge >= 0.3 is 18.4 Å². The summed E-state index contributed by atoms with van der Waals surface area (Å²) in [5, 5.41) is 2.52. The van der Waals surface area contributed by atoms with Crippen LogP contribution < -0.4 is 10.1 Å². The summed E-state index contributed by atoms with van der Waals surface area (Å²) in [6.45, 7) is 2.65. The van der Waals surface area contributed by atoms with Crippen molar-refractivity contribution in [3.63, 3.8) is 0 Å². The molecular weight excluding hydrogens is 341 g/mol. The van der Waals surface area contributed by atoms with Crippen molar-refractivity contribution in [1.29, 1.82) is 0 Å². The second kappa shape index (κ2) is 8.09. The van der Waals surface area contributed by atoms with Gasteiger partial charge in [-0.2, -0.15) is 0 Å². The Labute approximate surface area is 142 Å². The second-order valence-corrected chi connectivity index (χ2v) is 5.54. The van der Waals surface area contributed by atoms with E-state index in [4.69, 9.17) is 4.74 Å². The van der Waals surface area contributed by atoms with Crippen LogP contribution in [0.2, 0.25) is 0 Å². The van der Waals surface area contributed by atoms with Crippen LogP contribution in [0.4, 0.5) is 23.7 Å². The highest BCUT2D eigenvalue weighted by molar-refractivity contribution is 5.90. The van der Waals surface area contributed by atoms with Crippen LogP contribution in [0.25, 0.3) is 0 Å². The van der Waals surface area contributed by atoms with E-state index in [-0.39, 0.29) is 30.7 Å². The lowest BCUT2D eigenvalue weighted by molar-refractivity contribution is -0.274. The molecule has 1 heterocycles. The molecule has 1 aromatic rings. The first kappa shape index (κ1) is 18.9. The van der Waals surface area contributed by atoms with E-state index in [9.17, 15) is 22.8 Å². The highest BCUT2D eigenvalue weighted by Gasteiger charge is 2.31. The number of nitrogens with one attached hydrogen (secondary N) is 1. The lowest BCUT2D eigenvalue weighted by atomic mass is 9.98. The Kier molecular flexibility index (Phi) is 6.11. The van der Waals surface area contributed by atoms with Crippen molar-refractivity contribution in [2.45, 2.75) is 26.1 Å². The van der Waals surface area contributed by atoms with E-state index in [1.807, 2.05) is 0 Å². The predicted octanol–water partition coefficient (Wildman–Crippen LogP) is 3.39. The number of urea groups is 1. The Morgan fingerprint density at radius 2 is 2.12 bits per heavy atom. The van der Waals surface area contributed by atoms with Gasteiger partial charge in [0.2, 0.25) is 0 Å². The van der Waals surface area contributed by atoms with Gasteiger partial charge in [0, 0.05) is 24.8 Å². The fourth-order valence-electron chi connectivity index (χ4n) is 2.59. The van der Waals surface area contributed by atoms with Gasteiger partial charge in [0.25, 0.3) is 0 Å². The van der Waals surface area contributed by atoms with Crippen molar-refractivity contribution >= 4 is 17.7 Å². The van der Waals surface area contributed by atoms with Gasteiger partial charge in [-0.3, -0.25) is 4.79 Å². The zero-order valence-electron chi connectivity index (χ0n) is 13.6. The van der Waals surface area contributed by atoms with Crippen LogP contribution in [0.3, 0.4) is 0 Å². The Hall–Kier alpha value is -2.45. The molecule has 2 rings (SSSR count). The molecule has 25 heavy (non-hydrogen) atoms. The number of carbonyl (C=O) groups is 2. The Balaban J connectivity index is 1.97. The molecule has 1 aliphatic rings. The highest BCUT2D eigenvalue weighted by Crippen LogP contribution is 2.25. The molecule has 2 amide bonds. The number of likely N-dealkylation sites (tertiary alicyclic amines) is 1. The van der Waals surface area contributed by atoms with E-state index in [1.54, 1.807) is 6.92 Å². The number of carbonyl (C=O) groups excluding carboxylic acids is 2. The minimum Gasteiger partial charge on any atom is -0.466 e. The number of halogens is 3. The van der Waals surface area contributed by atoms with E-state index >= 15 is 0 Å². The largest absolute Gasteiger partial charge is 0.573 e. The van der Waals surface area contributed by atoms with E-state index in [0.717, 1.165) is 12.1 Å². The molecule has 1 aliphatic heterocycles. The van der Waals surface area contributed by atoms with Crippen molar-refractivity contribution in [3.8, 4) is 5.75 Å². The number of benzene rings is 1. The third kappa shape index (κ3) is 5.84. The number of nitrogens with zero attached hydrogens (tertiary/aromatic N) is 1. The van der Waals surface area contributed by atoms with Crippen molar-refractivity contribution in [3.05, 3.63) is 24.3 Å². The average molecular weight is 360 g/mol. The molecule has 9 heteroatoms. The molecule has 1 aromatic carbocycles. The minimum atomic E-state index is -4.80. The zero-order chi connectivity index (χ0) is 18.4. The first-order chi connectivity index (χ1) is 11.8. The molecule has 0 aromatic heterocycles. The van der Waals surface area contributed by atoms with Crippen molar-refractivity contribution in [1.82, 2.24) is 4.90 Å². The molecule has 0 saturated carbocycles. The van der Waals surface area contributed by atoms with E-state index in [0.29, 0.717) is 19.4 Å². The van der Waals surface area contributed by atoms with Gasteiger partial charge in [-0.05, 0) is 31.9 Å². The highest BCUT2D eigenvalue weighted by atomic mass is 19.4. The lowest BCUT2D eigenvalue weighted by Crippen LogP contribution is -2.44. The molecule has 1 fully saturated rings. The maximum Gasteiger partial charge on any atom is 0.573 e. The number of rotatable bonds is 4. The molecule has 138 valence electrons. The van der Waals surface area contributed by atoms with Gasteiger partial charge in [-0.1, -0.05) is 6.07 Å². The molecule has 6 nitrogen and oxygen atoms in total. The Morgan fingerprint density at radius 3 is 2.80 bits per heavy atom. The molecule has 0 radical (unpaired) electrons. The summed E-state index contributed by atoms with van der Waals surface area (Å²) < 4.78 is 45.5. The molecule has 1 N–H and O–H groups in total. The van der Waals surface area contributed by atoms with Gasteiger partial charge in [0.05, 0.1) is 12.5 Å². The van der Waals surface area contributed by atoms with E-state index < -0.39 is 18.1 Å². The molecule has 0 unspecified atom stereocenters. The number of anilines is 1. The maximum absolute atomic E-state index is 12.3. The van der Waals surface area contributed by atoms with Crippen molar-refractivity contribution in [2.75, 3.05) is 25.0 Å². The van der Waals surface area contributed by atoms with Crippen molar-refractivity contribution < 1.29 is 32.2 Å². The van der Waals surface area contributed by atoms with Crippen LogP contribution in [0, 0.1) is 5.92 Å². The van der Waals surface area contributed by atoms with E-state index in [1.165, 1.54) is 17.0 Å². The summed E-state index contributed by atoms with van der Waals surface area (Å²) in [6.07, 6.45) is -3.52.